The highest BCUT2D eigenvalue weighted by Crippen LogP contribution is 2.34. The zero-order valence-corrected chi connectivity index (χ0v) is 10.4. The number of halogens is 6. The van der Waals surface area contributed by atoms with E-state index in [-0.39, 0.29) is 5.56 Å². The molecule has 0 saturated heterocycles. The van der Waals surface area contributed by atoms with E-state index in [1.54, 1.807) is 0 Å². The molecule has 114 valence electrons. The van der Waals surface area contributed by atoms with Crippen molar-refractivity contribution in [1.29, 1.82) is 0 Å². The van der Waals surface area contributed by atoms with Gasteiger partial charge in [0.1, 0.15) is 12.4 Å². The minimum Gasteiger partial charge on any atom is -0.497 e. The van der Waals surface area contributed by atoms with Gasteiger partial charge in [-0.25, -0.2) is 0 Å². The second-order valence-electron chi connectivity index (χ2n) is 4.01. The van der Waals surface area contributed by atoms with Gasteiger partial charge in [0.05, 0.1) is 19.6 Å². The molecular formula is C12H12F6O2. The second kappa shape index (κ2) is 6.34. The average molecular weight is 302 g/mol. The molecule has 2 nitrogen and oxygen atoms in total. The fraction of sp³-hybridized carbons (Fsp3) is 0.500. The molecular weight excluding hydrogens is 290 g/mol. The molecule has 0 amide bonds. The third-order valence-corrected chi connectivity index (χ3v) is 2.35. The Hall–Kier alpha value is -1.44. The molecule has 1 atom stereocenters. The number of benzene rings is 1. The molecule has 8 heteroatoms. The molecule has 0 saturated carbocycles. The maximum absolute atomic E-state index is 12.4. The number of hydrogen-bond acceptors (Lipinski definition) is 2. The van der Waals surface area contributed by atoms with Crippen LogP contribution in [0, 0.1) is 0 Å². The minimum atomic E-state index is -4.68. The van der Waals surface area contributed by atoms with Crippen molar-refractivity contribution in [2.75, 3.05) is 13.7 Å². The largest absolute Gasteiger partial charge is 0.497 e. The first kappa shape index (κ1) is 16.6. The Morgan fingerprint density at radius 3 is 1.90 bits per heavy atom. The molecule has 0 N–H and O–H groups in total. The van der Waals surface area contributed by atoms with Crippen LogP contribution < -0.4 is 4.74 Å². The van der Waals surface area contributed by atoms with Crippen molar-refractivity contribution in [3.63, 3.8) is 0 Å². The van der Waals surface area contributed by atoms with E-state index >= 15 is 0 Å². The number of hydrogen-bond donors (Lipinski definition) is 0. The van der Waals surface area contributed by atoms with Crippen LogP contribution in [0.25, 0.3) is 0 Å². The predicted octanol–water partition coefficient (Wildman–Crippen LogP) is 4.27. The van der Waals surface area contributed by atoms with E-state index < -0.39 is 31.5 Å². The third kappa shape index (κ3) is 6.14. The van der Waals surface area contributed by atoms with E-state index in [4.69, 9.17) is 4.74 Å². The number of ether oxygens (including phenoxy) is 2. The van der Waals surface area contributed by atoms with E-state index in [9.17, 15) is 26.3 Å². The summed E-state index contributed by atoms with van der Waals surface area (Å²) in [6.07, 6.45) is -12.5. The first-order chi connectivity index (χ1) is 9.11. The topological polar surface area (TPSA) is 18.5 Å². The average Bonchev–Trinajstić information content (AvgIpc) is 2.32. The van der Waals surface area contributed by atoms with Gasteiger partial charge < -0.3 is 9.47 Å². The van der Waals surface area contributed by atoms with E-state index in [0.29, 0.717) is 5.75 Å². The summed E-state index contributed by atoms with van der Waals surface area (Å²) in [5, 5.41) is 0. The van der Waals surface area contributed by atoms with Gasteiger partial charge in [0, 0.05) is 0 Å². The fourth-order valence-electron chi connectivity index (χ4n) is 1.50. The first-order valence-corrected chi connectivity index (χ1v) is 5.50. The number of rotatable bonds is 5. The Labute approximate surface area is 111 Å². The van der Waals surface area contributed by atoms with Crippen LogP contribution in [0.1, 0.15) is 18.1 Å². The molecule has 0 aliphatic rings. The molecule has 0 bridgehead atoms. The van der Waals surface area contributed by atoms with E-state index in [1.165, 1.54) is 31.4 Å². The van der Waals surface area contributed by atoms with Crippen molar-refractivity contribution < 1.29 is 35.8 Å². The summed E-state index contributed by atoms with van der Waals surface area (Å²) in [7, 11) is 1.36. The molecule has 1 unspecified atom stereocenters. The highest BCUT2D eigenvalue weighted by atomic mass is 19.4. The molecule has 0 aliphatic carbocycles. The van der Waals surface area contributed by atoms with Gasteiger partial charge in [-0.05, 0) is 17.7 Å². The van der Waals surface area contributed by atoms with E-state index in [1.807, 2.05) is 0 Å². The maximum Gasteiger partial charge on any atom is 0.411 e. The van der Waals surface area contributed by atoms with Crippen LogP contribution in [0.15, 0.2) is 24.3 Å². The van der Waals surface area contributed by atoms with Gasteiger partial charge in [-0.3, -0.25) is 0 Å². The summed E-state index contributed by atoms with van der Waals surface area (Å²) in [5.41, 5.74) is 0.00683. The number of methoxy groups -OCH3 is 1. The molecule has 1 aromatic carbocycles. The Kier molecular flexibility index (Phi) is 5.27. The maximum atomic E-state index is 12.4. The summed E-state index contributed by atoms with van der Waals surface area (Å²) >= 11 is 0. The van der Waals surface area contributed by atoms with Crippen LogP contribution in [0.3, 0.4) is 0 Å². The van der Waals surface area contributed by atoms with Gasteiger partial charge in [-0.15, -0.1) is 0 Å². The van der Waals surface area contributed by atoms with Crippen molar-refractivity contribution in [3.8, 4) is 5.75 Å². The van der Waals surface area contributed by atoms with E-state index in [0.717, 1.165) is 0 Å². The van der Waals surface area contributed by atoms with Crippen LogP contribution in [0.2, 0.25) is 0 Å². The smallest absolute Gasteiger partial charge is 0.411 e. The lowest BCUT2D eigenvalue weighted by molar-refractivity contribution is -0.208. The number of alkyl halides is 6. The van der Waals surface area contributed by atoms with Crippen molar-refractivity contribution in [3.05, 3.63) is 29.8 Å². The molecule has 1 aromatic rings. The molecule has 20 heavy (non-hydrogen) atoms. The normalized spacial score (nSPS) is 14.2. The highest BCUT2D eigenvalue weighted by molar-refractivity contribution is 5.28. The SMILES string of the molecule is COc1ccc(C(CC(F)(F)F)OCC(F)(F)F)cc1. The summed E-state index contributed by atoms with van der Waals surface area (Å²) in [5.74, 6) is 0.385. The lowest BCUT2D eigenvalue weighted by Crippen LogP contribution is -2.23. The first-order valence-electron chi connectivity index (χ1n) is 5.50. The van der Waals surface area contributed by atoms with Crippen LogP contribution in [0.5, 0.6) is 5.75 Å². The summed E-state index contributed by atoms with van der Waals surface area (Å²) in [6, 6.07) is 5.20. The molecule has 0 spiro atoms. The van der Waals surface area contributed by atoms with Crippen molar-refractivity contribution in [1.82, 2.24) is 0 Å². The lowest BCUT2D eigenvalue weighted by atomic mass is 10.1. The van der Waals surface area contributed by atoms with Crippen LogP contribution in [-0.2, 0) is 4.74 Å². The van der Waals surface area contributed by atoms with Crippen molar-refractivity contribution in [2.45, 2.75) is 24.9 Å². The van der Waals surface area contributed by atoms with Crippen molar-refractivity contribution in [2.24, 2.45) is 0 Å². The van der Waals surface area contributed by atoms with Gasteiger partial charge in [0.25, 0.3) is 0 Å². The molecule has 0 aliphatic heterocycles. The monoisotopic (exact) mass is 302 g/mol. The summed E-state index contributed by atoms with van der Waals surface area (Å²) in [6.45, 7) is -1.74. The Morgan fingerprint density at radius 2 is 1.50 bits per heavy atom. The minimum absolute atomic E-state index is 0.00683. The second-order valence-corrected chi connectivity index (χ2v) is 4.01. The zero-order chi connectivity index (χ0) is 15.4. The lowest BCUT2D eigenvalue weighted by Gasteiger charge is -2.21. The molecule has 0 heterocycles. The van der Waals surface area contributed by atoms with Gasteiger partial charge >= 0.3 is 12.4 Å². The highest BCUT2D eigenvalue weighted by Gasteiger charge is 2.36. The molecule has 0 aromatic heterocycles. The van der Waals surface area contributed by atoms with Crippen molar-refractivity contribution >= 4 is 0 Å². The zero-order valence-electron chi connectivity index (χ0n) is 10.4. The molecule has 1 rings (SSSR count). The van der Waals surface area contributed by atoms with Crippen LogP contribution in [0.4, 0.5) is 26.3 Å². The predicted molar refractivity (Wildman–Crippen MR) is 58.4 cm³/mol. The molecule has 0 radical (unpaired) electrons. The quantitative estimate of drug-likeness (QED) is 0.756. The van der Waals surface area contributed by atoms with Gasteiger partial charge in [-0.1, -0.05) is 12.1 Å². The van der Waals surface area contributed by atoms with E-state index in [2.05, 4.69) is 4.74 Å². The fourth-order valence-corrected chi connectivity index (χ4v) is 1.50. The summed E-state index contributed by atoms with van der Waals surface area (Å²) < 4.78 is 82.5. The third-order valence-electron chi connectivity index (χ3n) is 2.35. The Balaban J connectivity index is 2.85. The Bertz CT molecular complexity index is 409. The molecule has 0 fully saturated rings. The van der Waals surface area contributed by atoms with Gasteiger partial charge in [-0.2, -0.15) is 26.3 Å². The van der Waals surface area contributed by atoms with Gasteiger partial charge in [0.15, 0.2) is 0 Å². The van der Waals surface area contributed by atoms with Gasteiger partial charge in [0.2, 0.25) is 0 Å². The summed E-state index contributed by atoms with van der Waals surface area (Å²) in [4.78, 5) is 0. The van der Waals surface area contributed by atoms with Crippen LogP contribution in [-0.4, -0.2) is 26.1 Å². The van der Waals surface area contributed by atoms with Crippen LogP contribution >= 0.6 is 0 Å². The standard InChI is InChI=1S/C12H12F6O2/c1-19-9-4-2-8(3-5-9)10(6-11(13,14)15)20-7-12(16,17)18/h2-5,10H,6-7H2,1H3. The Morgan fingerprint density at radius 1 is 0.950 bits per heavy atom.